The van der Waals surface area contributed by atoms with Crippen LogP contribution >= 0.6 is 0 Å². The number of anilines is 3. The van der Waals surface area contributed by atoms with Crippen molar-refractivity contribution in [2.45, 2.75) is 90.7 Å². The predicted octanol–water partition coefficient (Wildman–Crippen LogP) is 6.44. The maximum atomic E-state index is 16.6. The Morgan fingerprint density at radius 3 is 2.37 bits per heavy atom. The van der Waals surface area contributed by atoms with Gasteiger partial charge < -0.3 is 14.9 Å². The van der Waals surface area contributed by atoms with E-state index < -0.39 is 51.0 Å². The first-order chi connectivity index (χ1) is 22.8. The van der Waals surface area contributed by atoms with E-state index in [1.165, 1.54) is 17.2 Å². The molecular formula is C34H42FN5O8S. The van der Waals surface area contributed by atoms with Gasteiger partial charge in [0.2, 0.25) is 0 Å². The Bertz CT molecular complexity index is 1930. The lowest BCUT2D eigenvalue weighted by Crippen LogP contribution is -2.44. The van der Waals surface area contributed by atoms with Gasteiger partial charge in [-0.15, -0.1) is 0 Å². The fraction of sp³-hybridized carbons (Fsp3) is 0.500. The number of carbonyl (C=O) groups excluding carboxylic acids is 1. The van der Waals surface area contributed by atoms with E-state index >= 15 is 4.39 Å². The number of nitrogens with zero attached hydrogens (tertiary/aromatic N) is 4. The quantitative estimate of drug-likeness (QED) is 0.259. The fourth-order valence-corrected chi connectivity index (χ4v) is 8.30. The van der Waals surface area contributed by atoms with E-state index in [0.717, 1.165) is 16.0 Å². The third-order valence-corrected chi connectivity index (χ3v) is 10.7. The molecule has 5 rings (SSSR count). The highest BCUT2D eigenvalue weighted by Gasteiger charge is 2.35. The van der Waals surface area contributed by atoms with E-state index in [1.54, 1.807) is 33.0 Å². The van der Waals surface area contributed by atoms with Gasteiger partial charge in [0.05, 0.1) is 28.6 Å². The van der Waals surface area contributed by atoms with E-state index in [2.05, 4.69) is 15.3 Å². The molecule has 1 saturated heterocycles. The number of halogens is 1. The van der Waals surface area contributed by atoms with Gasteiger partial charge >= 0.3 is 18.3 Å². The zero-order chi connectivity index (χ0) is 36.1. The largest absolute Gasteiger partial charge is 0.465 e. The fourth-order valence-electron chi connectivity index (χ4n) is 6.83. The van der Waals surface area contributed by atoms with Crippen molar-refractivity contribution in [2.75, 3.05) is 33.2 Å². The molecule has 0 radical (unpaired) electrons. The van der Waals surface area contributed by atoms with Crippen molar-refractivity contribution in [1.29, 1.82) is 0 Å². The summed E-state index contributed by atoms with van der Waals surface area (Å²) in [5, 5.41) is 23.2. The van der Waals surface area contributed by atoms with Crippen molar-refractivity contribution in [1.82, 2.24) is 9.97 Å². The van der Waals surface area contributed by atoms with E-state index in [1.807, 2.05) is 20.8 Å². The second-order valence-electron chi connectivity index (χ2n) is 14.3. The number of carboxylic acid groups (broad SMARTS) is 2. The van der Waals surface area contributed by atoms with Crippen molar-refractivity contribution >= 4 is 56.1 Å². The van der Waals surface area contributed by atoms with E-state index in [4.69, 9.17) is 4.74 Å². The average molecular weight is 700 g/mol. The molecule has 3 N–H and O–H groups in total. The number of sulfone groups is 1. The molecule has 0 bridgehead atoms. The number of carbonyl (C=O) groups is 3. The first-order valence-electron chi connectivity index (χ1n) is 16.1. The molecule has 1 aromatic carbocycles. The smallest absolute Gasteiger partial charge is 0.413 e. The Morgan fingerprint density at radius 1 is 1.08 bits per heavy atom. The summed E-state index contributed by atoms with van der Waals surface area (Å²) < 4.78 is 46.1. The molecule has 4 heterocycles. The SMILES string of the molecule is Cc1c(C(C)(C)Cc2cc3cc(N(C(=O)O)C4CCS(=O)(=O)CC4)ncc3c(NC(=O)OC(C)(C)C)c2F)cnc2c1N(C(=O)O)CCC2. The topological polar surface area (TPSA) is 179 Å². The van der Waals surface area contributed by atoms with Crippen molar-refractivity contribution in [3.05, 3.63) is 52.7 Å². The molecule has 3 aromatic rings. The maximum absolute atomic E-state index is 16.6. The first-order valence-corrected chi connectivity index (χ1v) is 17.9. The number of fused-ring (bicyclic) bond motifs is 2. The van der Waals surface area contributed by atoms with Crippen LogP contribution in [-0.4, -0.2) is 76.6 Å². The number of hydrogen-bond acceptors (Lipinski definition) is 8. The van der Waals surface area contributed by atoms with Crippen LogP contribution in [0.25, 0.3) is 10.8 Å². The normalized spacial score (nSPS) is 16.6. The summed E-state index contributed by atoms with van der Waals surface area (Å²) in [6.07, 6.45) is 1.30. The number of benzene rings is 1. The third-order valence-electron chi connectivity index (χ3n) is 9.03. The Labute approximate surface area is 284 Å². The predicted molar refractivity (Wildman–Crippen MR) is 183 cm³/mol. The number of aromatic nitrogens is 2. The van der Waals surface area contributed by atoms with Gasteiger partial charge in [-0.3, -0.25) is 20.1 Å². The van der Waals surface area contributed by atoms with Gasteiger partial charge in [0.15, 0.2) is 5.82 Å². The Morgan fingerprint density at radius 2 is 1.76 bits per heavy atom. The highest BCUT2D eigenvalue weighted by Crippen LogP contribution is 2.40. The summed E-state index contributed by atoms with van der Waals surface area (Å²) in [5.74, 6) is -0.993. The molecule has 0 spiro atoms. The van der Waals surface area contributed by atoms with Crippen LogP contribution in [-0.2, 0) is 32.8 Å². The van der Waals surface area contributed by atoms with Gasteiger partial charge in [-0.2, -0.15) is 0 Å². The standard InChI is InChI=1S/C34H42FN5O8S/c1-19-24(18-36-25-8-7-11-39(29(19)25)31(42)43)34(5,6)16-21-14-20-15-26(40(32(44)45)22-9-12-49(46,47)13-10-22)37-17-23(20)28(27(21)35)38-30(41)48-33(2,3)4/h14-15,17-18,22H,7-13,16H2,1-6H3,(H,38,41)(H,42,43)(H,44,45). The lowest BCUT2D eigenvalue weighted by Gasteiger charge is -2.33. The molecule has 1 fully saturated rings. The summed E-state index contributed by atoms with van der Waals surface area (Å²) in [4.78, 5) is 48.7. The second-order valence-corrected chi connectivity index (χ2v) is 16.6. The van der Waals surface area contributed by atoms with Crippen LogP contribution in [0.4, 0.5) is 36.0 Å². The van der Waals surface area contributed by atoms with Crippen LogP contribution in [0.3, 0.4) is 0 Å². The molecule has 3 amide bonds. The Balaban J connectivity index is 1.61. The van der Waals surface area contributed by atoms with Crippen LogP contribution < -0.4 is 15.1 Å². The number of pyridine rings is 2. The first kappa shape index (κ1) is 35.8. The summed E-state index contributed by atoms with van der Waals surface area (Å²) in [6, 6.07) is 2.43. The van der Waals surface area contributed by atoms with Crippen molar-refractivity contribution in [3.8, 4) is 0 Å². The van der Waals surface area contributed by atoms with Gasteiger partial charge in [0.1, 0.15) is 21.3 Å². The molecule has 0 saturated carbocycles. The van der Waals surface area contributed by atoms with E-state index in [9.17, 15) is 33.0 Å². The molecule has 2 aliphatic rings. The molecule has 49 heavy (non-hydrogen) atoms. The maximum Gasteiger partial charge on any atom is 0.413 e. The van der Waals surface area contributed by atoms with Crippen LogP contribution in [0.5, 0.6) is 0 Å². The van der Waals surface area contributed by atoms with Crippen molar-refractivity contribution in [3.63, 3.8) is 0 Å². The number of rotatable bonds is 6. The summed E-state index contributed by atoms with van der Waals surface area (Å²) >= 11 is 0. The molecule has 264 valence electrons. The van der Waals surface area contributed by atoms with E-state index in [-0.39, 0.29) is 53.2 Å². The zero-order valence-electron chi connectivity index (χ0n) is 28.5. The number of nitrogens with one attached hydrogen (secondary N) is 1. The lowest BCUT2D eigenvalue weighted by molar-refractivity contribution is 0.0635. The van der Waals surface area contributed by atoms with Crippen LogP contribution in [0, 0.1) is 12.7 Å². The van der Waals surface area contributed by atoms with Gasteiger partial charge in [-0.1, -0.05) is 13.8 Å². The van der Waals surface area contributed by atoms with Crippen LogP contribution in [0.1, 0.15) is 76.3 Å². The monoisotopic (exact) mass is 699 g/mol. The van der Waals surface area contributed by atoms with Gasteiger partial charge in [0.25, 0.3) is 0 Å². The number of ether oxygens (including phenoxy) is 1. The third kappa shape index (κ3) is 7.56. The number of aryl methyl sites for hydroxylation is 1. The molecule has 2 aromatic heterocycles. The van der Waals surface area contributed by atoms with Crippen LogP contribution in [0.2, 0.25) is 0 Å². The molecule has 0 atom stereocenters. The summed E-state index contributed by atoms with van der Waals surface area (Å²) in [5.41, 5.74) is 1.00. The summed E-state index contributed by atoms with van der Waals surface area (Å²) in [6.45, 7) is 11.0. The van der Waals surface area contributed by atoms with Gasteiger partial charge in [-0.25, -0.2) is 32.2 Å². The second kappa shape index (κ2) is 13.1. The number of amides is 3. The highest BCUT2D eigenvalue weighted by atomic mass is 32.2. The molecule has 2 aliphatic heterocycles. The molecule has 0 aliphatic carbocycles. The van der Waals surface area contributed by atoms with Gasteiger partial charge in [-0.05, 0) is 99.4 Å². The lowest BCUT2D eigenvalue weighted by atomic mass is 9.76. The number of hydrogen-bond donors (Lipinski definition) is 3. The average Bonchev–Trinajstić information content (AvgIpc) is 2.98. The molecule has 13 nitrogen and oxygen atoms in total. The van der Waals surface area contributed by atoms with Gasteiger partial charge in [0, 0.05) is 30.4 Å². The Kier molecular flexibility index (Phi) is 9.54. The summed E-state index contributed by atoms with van der Waals surface area (Å²) in [7, 11) is -3.26. The van der Waals surface area contributed by atoms with Crippen molar-refractivity contribution in [2.24, 2.45) is 0 Å². The zero-order valence-corrected chi connectivity index (χ0v) is 29.3. The van der Waals surface area contributed by atoms with E-state index in [0.29, 0.717) is 36.2 Å². The van der Waals surface area contributed by atoms with Crippen LogP contribution in [0.15, 0.2) is 24.5 Å². The minimum absolute atomic E-state index is 0.0350. The Hall–Kier alpha value is -4.53. The minimum Gasteiger partial charge on any atom is -0.465 e. The highest BCUT2D eigenvalue weighted by molar-refractivity contribution is 7.91. The molecule has 15 heteroatoms. The van der Waals surface area contributed by atoms with Crippen molar-refractivity contribution < 1.29 is 42.1 Å². The molecule has 0 unspecified atom stereocenters. The minimum atomic E-state index is -3.26. The molecular weight excluding hydrogens is 657 g/mol.